The molecule has 2 N–H and O–H groups in total. The lowest BCUT2D eigenvalue weighted by Crippen LogP contribution is -2.15. The number of rotatable bonds is 2. The Labute approximate surface area is 107 Å². The fraction of sp³-hybridized carbons (Fsp3) is 0.143. The Morgan fingerprint density at radius 3 is 2.16 bits per heavy atom. The van der Waals surface area contributed by atoms with Gasteiger partial charge in [0, 0.05) is 5.56 Å². The summed E-state index contributed by atoms with van der Waals surface area (Å²) >= 11 is 0. The highest BCUT2D eigenvalue weighted by molar-refractivity contribution is 5.35. The van der Waals surface area contributed by atoms with Crippen LogP contribution in [-0.4, -0.2) is 0 Å². The second kappa shape index (κ2) is 5.01. The van der Waals surface area contributed by atoms with Crippen molar-refractivity contribution in [2.75, 3.05) is 0 Å². The molecule has 5 heteroatoms. The first-order valence-corrected chi connectivity index (χ1v) is 5.57. The molecule has 1 nitrogen and oxygen atoms in total. The monoisotopic (exact) mass is 269 g/mol. The van der Waals surface area contributed by atoms with Crippen molar-refractivity contribution in [3.8, 4) is 0 Å². The van der Waals surface area contributed by atoms with Gasteiger partial charge in [0.15, 0.2) is 0 Å². The van der Waals surface area contributed by atoms with E-state index in [-0.39, 0.29) is 5.56 Å². The summed E-state index contributed by atoms with van der Waals surface area (Å²) in [5, 5.41) is 0. The van der Waals surface area contributed by atoms with Gasteiger partial charge in [0.2, 0.25) is 0 Å². The molecule has 0 fully saturated rings. The minimum absolute atomic E-state index is 0.166. The Bertz CT molecular complexity index is 563. The zero-order valence-corrected chi connectivity index (χ0v) is 9.79. The quantitative estimate of drug-likeness (QED) is 0.822. The highest BCUT2D eigenvalue weighted by atomic mass is 19.4. The summed E-state index contributed by atoms with van der Waals surface area (Å²) in [5.74, 6) is -0.746. The van der Waals surface area contributed by atoms with Gasteiger partial charge in [-0.2, -0.15) is 13.2 Å². The number of alkyl halides is 3. The van der Waals surface area contributed by atoms with Crippen molar-refractivity contribution >= 4 is 0 Å². The average molecular weight is 269 g/mol. The second-order valence-electron chi connectivity index (χ2n) is 4.12. The van der Waals surface area contributed by atoms with Gasteiger partial charge in [0.05, 0.1) is 11.6 Å². The van der Waals surface area contributed by atoms with Crippen LogP contribution in [0.25, 0.3) is 0 Å². The number of nitrogens with two attached hydrogens (primary N) is 1. The molecule has 1 atom stereocenters. The lowest BCUT2D eigenvalue weighted by Gasteiger charge is -2.15. The highest BCUT2D eigenvalue weighted by Gasteiger charge is 2.31. The van der Waals surface area contributed by atoms with Crippen molar-refractivity contribution < 1.29 is 17.6 Å². The SMILES string of the molecule is NC(c1ccccc1)c1cc(C(F)(F)F)ccc1F. The third kappa shape index (κ3) is 2.93. The molecule has 0 amide bonds. The van der Waals surface area contributed by atoms with Crippen LogP contribution in [0, 0.1) is 5.82 Å². The smallest absolute Gasteiger partial charge is 0.320 e. The van der Waals surface area contributed by atoms with E-state index in [1.807, 2.05) is 0 Å². The summed E-state index contributed by atoms with van der Waals surface area (Å²) in [7, 11) is 0. The summed E-state index contributed by atoms with van der Waals surface area (Å²) in [6.45, 7) is 0. The maximum absolute atomic E-state index is 13.6. The van der Waals surface area contributed by atoms with Crippen LogP contribution in [0.2, 0.25) is 0 Å². The van der Waals surface area contributed by atoms with E-state index in [9.17, 15) is 17.6 Å². The minimum atomic E-state index is -4.52. The molecule has 2 aromatic carbocycles. The fourth-order valence-electron chi connectivity index (χ4n) is 1.80. The van der Waals surface area contributed by atoms with Crippen LogP contribution in [0.15, 0.2) is 48.5 Å². The van der Waals surface area contributed by atoms with Crippen LogP contribution in [0.5, 0.6) is 0 Å². The van der Waals surface area contributed by atoms with Gasteiger partial charge in [-0.15, -0.1) is 0 Å². The first kappa shape index (κ1) is 13.5. The van der Waals surface area contributed by atoms with Crippen LogP contribution in [0.3, 0.4) is 0 Å². The molecule has 0 saturated heterocycles. The first-order valence-electron chi connectivity index (χ1n) is 5.57. The van der Waals surface area contributed by atoms with Crippen molar-refractivity contribution in [2.45, 2.75) is 12.2 Å². The molecule has 0 aliphatic heterocycles. The van der Waals surface area contributed by atoms with Gasteiger partial charge >= 0.3 is 6.18 Å². The molecular weight excluding hydrogens is 258 g/mol. The molecule has 0 spiro atoms. The number of hydrogen-bond donors (Lipinski definition) is 1. The molecule has 0 aliphatic carbocycles. The zero-order chi connectivity index (χ0) is 14.0. The van der Waals surface area contributed by atoms with Crippen LogP contribution >= 0.6 is 0 Å². The van der Waals surface area contributed by atoms with Crippen molar-refractivity contribution in [1.29, 1.82) is 0 Å². The summed E-state index contributed by atoms with van der Waals surface area (Å²) in [5.41, 5.74) is 5.31. The molecule has 0 aliphatic rings. The predicted molar refractivity (Wildman–Crippen MR) is 63.9 cm³/mol. The predicted octanol–water partition coefficient (Wildman–Crippen LogP) is 3.89. The maximum Gasteiger partial charge on any atom is 0.416 e. The molecule has 100 valence electrons. The third-order valence-corrected chi connectivity index (χ3v) is 2.82. The van der Waals surface area contributed by atoms with Gasteiger partial charge in [-0.25, -0.2) is 4.39 Å². The Morgan fingerprint density at radius 1 is 0.947 bits per heavy atom. The van der Waals surface area contributed by atoms with Gasteiger partial charge in [0.1, 0.15) is 5.82 Å². The van der Waals surface area contributed by atoms with Crippen LogP contribution < -0.4 is 5.73 Å². The molecule has 0 heterocycles. The van der Waals surface area contributed by atoms with Crippen molar-refractivity contribution in [3.05, 3.63) is 71.0 Å². The summed E-state index contributed by atoms with van der Waals surface area (Å²) in [6, 6.07) is 9.75. The van der Waals surface area contributed by atoms with E-state index in [1.54, 1.807) is 30.3 Å². The van der Waals surface area contributed by atoms with Gasteiger partial charge in [-0.3, -0.25) is 0 Å². The Balaban J connectivity index is 2.45. The van der Waals surface area contributed by atoms with E-state index in [0.717, 1.165) is 12.1 Å². The van der Waals surface area contributed by atoms with Crippen molar-refractivity contribution in [1.82, 2.24) is 0 Å². The van der Waals surface area contributed by atoms with Crippen molar-refractivity contribution in [3.63, 3.8) is 0 Å². The molecule has 19 heavy (non-hydrogen) atoms. The third-order valence-electron chi connectivity index (χ3n) is 2.82. The van der Waals surface area contributed by atoms with Crippen LogP contribution in [-0.2, 0) is 6.18 Å². The molecule has 0 aromatic heterocycles. The topological polar surface area (TPSA) is 26.0 Å². The maximum atomic E-state index is 13.6. The lowest BCUT2D eigenvalue weighted by atomic mass is 9.97. The van der Waals surface area contributed by atoms with Crippen LogP contribution in [0.1, 0.15) is 22.7 Å². The zero-order valence-electron chi connectivity index (χ0n) is 9.79. The molecule has 1 unspecified atom stereocenters. The molecule has 0 radical (unpaired) electrons. The van der Waals surface area contributed by atoms with Gasteiger partial charge in [-0.1, -0.05) is 30.3 Å². The average Bonchev–Trinajstić information content (AvgIpc) is 2.38. The van der Waals surface area contributed by atoms with E-state index < -0.39 is 23.6 Å². The molecule has 2 aromatic rings. The lowest BCUT2D eigenvalue weighted by molar-refractivity contribution is -0.137. The summed E-state index contributed by atoms with van der Waals surface area (Å²) in [6.07, 6.45) is -4.52. The first-order chi connectivity index (χ1) is 8.89. The highest BCUT2D eigenvalue weighted by Crippen LogP contribution is 2.32. The molecular formula is C14H11F4N. The number of benzene rings is 2. The summed E-state index contributed by atoms with van der Waals surface area (Å²) in [4.78, 5) is 0. The molecule has 0 bridgehead atoms. The Kier molecular flexibility index (Phi) is 3.57. The minimum Gasteiger partial charge on any atom is -0.320 e. The molecule has 2 rings (SSSR count). The van der Waals surface area contributed by atoms with Gasteiger partial charge in [0.25, 0.3) is 0 Å². The second-order valence-corrected chi connectivity index (χ2v) is 4.12. The van der Waals surface area contributed by atoms with Crippen molar-refractivity contribution in [2.24, 2.45) is 5.73 Å². The van der Waals surface area contributed by atoms with Crippen LogP contribution in [0.4, 0.5) is 17.6 Å². The number of hydrogen-bond acceptors (Lipinski definition) is 1. The normalized spacial score (nSPS) is 13.3. The Hall–Kier alpha value is -1.88. The molecule has 0 saturated carbocycles. The largest absolute Gasteiger partial charge is 0.416 e. The van der Waals surface area contributed by atoms with E-state index in [0.29, 0.717) is 11.6 Å². The number of halogens is 4. The summed E-state index contributed by atoms with van der Waals surface area (Å²) < 4.78 is 51.5. The van der Waals surface area contributed by atoms with Gasteiger partial charge in [-0.05, 0) is 23.8 Å². The van der Waals surface area contributed by atoms with Gasteiger partial charge < -0.3 is 5.73 Å². The van der Waals surface area contributed by atoms with E-state index in [4.69, 9.17) is 5.73 Å². The standard InChI is InChI=1S/C14H11F4N/c15-12-7-6-10(14(16,17)18)8-11(12)13(19)9-4-2-1-3-5-9/h1-8,13H,19H2. The fourth-order valence-corrected chi connectivity index (χ4v) is 1.80. The van der Waals surface area contributed by atoms with E-state index in [1.165, 1.54) is 0 Å². The van der Waals surface area contributed by atoms with E-state index >= 15 is 0 Å². The Morgan fingerprint density at radius 2 is 1.58 bits per heavy atom. The van der Waals surface area contributed by atoms with E-state index in [2.05, 4.69) is 0 Å².